The summed E-state index contributed by atoms with van der Waals surface area (Å²) in [6, 6.07) is 2.77. The van der Waals surface area contributed by atoms with Gasteiger partial charge in [-0.2, -0.15) is 5.26 Å². The fourth-order valence-electron chi connectivity index (χ4n) is 6.26. The van der Waals surface area contributed by atoms with Crippen molar-refractivity contribution in [3.8, 4) is 17.3 Å². The molecule has 1 aromatic carbocycles. The molecule has 182 valence electrons. The van der Waals surface area contributed by atoms with Crippen molar-refractivity contribution in [3.63, 3.8) is 0 Å². The zero-order valence-electron chi connectivity index (χ0n) is 19.5. The quantitative estimate of drug-likeness (QED) is 0.448. The van der Waals surface area contributed by atoms with E-state index in [-0.39, 0.29) is 50.6 Å². The lowest BCUT2D eigenvalue weighted by Crippen LogP contribution is -2.52. The Bertz CT molecular complexity index is 1650. The second-order valence-electron chi connectivity index (χ2n) is 9.85. The largest absolute Gasteiger partial charge is 0.389 e. The van der Waals surface area contributed by atoms with Crippen molar-refractivity contribution in [1.29, 1.82) is 5.26 Å². The van der Waals surface area contributed by atoms with Gasteiger partial charge in [-0.05, 0) is 37.6 Å². The Morgan fingerprint density at radius 2 is 2.03 bits per heavy atom. The Hall–Kier alpha value is -3.46. The molecular formula is C25H21F2N7OS. The van der Waals surface area contributed by atoms with Crippen LogP contribution in [0.15, 0.2) is 12.4 Å². The maximum Gasteiger partial charge on any atom is 0.226 e. The average Bonchev–Trinajstić information content (AvgIpc) is 3.62. The third-order valence-corrected chi connectivity index (χ3v) is 8.87. The number of nitrogen functional groups attached to an aromatic ring is 1. The number of likely N-dealkylation sites (N-methyl/N-ethyl adjacent to an activating group) is 1. The number of aromatic nitrogens is 3. The van der Waals surface area contributed by atoms with Gasteiger partial charge in [-0.15, -0.1) is 11.3 Å². The molecule has 4 aromatic rings. The summed E-state index contributed by atoms with van der Waals surface area (Å²) in [4.78, 5) is 18.0. The highest BCUT2D eigenvalue weighted by Gasteiger charge is 2.53. The Kier molecular flexibility index (Phi) is 4.55. The molecule has 6 heterocycles. The molecule has 1 aliphatic carbocycles. The van der Waals surface area contributed by atoms with Crippen molar-refractivity contribution in [1.82, 2.24) is 19.9 Å². The van der Waals surface area contributed by atoms with E-state index in [1.54, 1.807) is 6.20 Å². The second kappa shape index (κ2) is 7.52. The molecule has 11 heteroatoms. The van der Waals surface area contributed by atoms with Gasteiger partial charge in [0.05, 0.1) is 35.4 Å². The fraction of sp³-hybridized carbons (Fsp3) is 0.360. The van der Waals surface area contributed by atoms with Crippen LogP contribution in [0.3, 0.4) is 0 Å². The number of pyridine rings is 1. The van der Waals surface area contributed by atoms with Gasteiger partial charge in [0, 0.05) is 41.2 Å². The van der Waals surface area contributed by atoms with E-state index in [0.29, 0.717) is 34.9 Å². The van der Waals surface area contributed by atoms with Crippen molar-refractivity contribution in [2.24, 2.45) is 5.92 Å². The molecule has 3 aliphatic heterocycles. The maximum absolute atomic E-state index is 16.4. The van der Waals surface area contributed by atoms with E-state index in [1.807, 2.05) is 6.07 Å². The van der Waals surface area contributed by atoms with Gasteiger partial charge in [0.1, 0.15) is 16.6 Å². The smallest absolute Gasteiger partial charge is 0.226 e. The van der Waals surface area contributed by atoms with Crippen LogP contribution in [0, 0.1) is 28.9 Å². The van der Waals surface area contributed by atoms with E-state index in [4.69, 9.17) is 15.5 Å². The lowest BCUT2D eigenvalue weighted by Gasteiger charge is -2.40. The zero-order valence-corrected chi connectivity index (χ0v) is 20.4. The van der Waals surface area contributed by atoms with E-state index in [9.17, 15) is 9.65 Å². The highest BCUT2D eigenvalue weighted by atomic mass is 32.1. The molecule has 2 bridgehead atoms. The summed E-state index contributed by atoms with van der Waals surface area (Å²) >= 11 is 0.958. The third-order valence-electron chi connectivity index (χ3n) is 7.84. The summed E-state index contributed by atoms with van der Waals surface area (Å²) in [5.41, 5.74) is 8.03. The number of rotatable bonds is 3. The molecule has 4 aliphatic rings. The van der Waals surface area contributed by atoms with Gasteiger partial charge in [-0.3, -0.25) is 4.98 Å². The Morgan fingerprint density at radius 1 is 1.22 bits per heavy atom. The zero-order chi connectivity index (χ0) is 24.9. The molecule has 8 nitrogen and oxygen atoms in total. The topological polar surface area (TPSA) is 104 Å². The highest BCUT2D eigenvalue weighted by molar-refractivity contribution is 7.23. The van der Waals surface area contributed by atoms with Crippen LogP contribution in [0.2, 0.25) is 0 Å². The Morgan fingerprint density at radius 3 is 2.78 bits per heavy atom. The molecular weight excluding hydrogens is 484 g/mol. The summed E-state index contributed by atoms with van der Waals surface area (Å²) in [7, 11) is 4.15. The van der Waals surface area contributed by atoms with Gasteiger partial charge in [0.25, 0.3) is 0 Å². The van der Waals surface area contributed by atoms with Gasteiger partial charge in [-0.1, -0.05) is 0 Å². The van der Waals surface area contributed by atoms with Gasteiger partial charge < -0.3 is 20.3 Å². The van der Waals surface area contributed by atoms with Gasteiger partial charge in [-0.25, -0.2) is 18.7 Å². The van der Waals surface area contributed by atoms with Crippen molar-refractivity contribution in [2.75, 3.05) is 31.3 Å². The molecule has 0 radical (unpaired) electrons. The van der Waals surface area contributed by atoms with E-state index in [0.717, 1.165) is 36.1 Å². The van der Waals surface area contributed by atoms with Crippen molar-refractivity contribution in [2.45, 2.75) is 31.7 Å². The minimum Gasteiger partial charge on any atom is -0.389 e. The van der Waals surface area contributed by atoms with Gasteiger partial charge >= 0.3 is 0 Å². The first-order chi connectivity index (χ1) is 17.4. The first kappa shape index (κ1) is 21.8. The van der Waals surface area contributed by atoms with Crippen LogP contribution >= 0.6 is 11.3 Å². The summed E-state index contributed by atoms with van der Waals surface area (Å²) < 4.78 is 37.0. The number of nitriles is 1. The minimum atomic E-state index is -0.603. The SMILES string of the molecule is CN(C)[C@H]1[C@@H]2C[C@H]1N(c1ncc3c4c(c(-c5ncc(F)c6sc(N)c(C#N)c56)c(F)c3n1)COC4)C2. The van der Waals surface area contributed by atoms with Crippen molar-refractivity contribution >= 4 is 43.3 Å². The van der Waals surface area contributed by atoms with E-state index < -0.39 is 11.6 Å². The predicted octanol–water partition coefficient (Wildman–Crippen LogP) is 3.81. The van der Waals surface area contributed by atoms with E-state index >= 15 is 4.39 Å². The molecule has 3 atom stereocenters. The number of fused-ring (bicyclic) bond motifs is 5. The summed E-state index contributed by atoms with van der Waals surface area (Å²) in [5.74, 6) is -0.141. The van der Waals surface area contributed by atoms with Crippen LogP contribution < -0.4 is 10.6 Å². The molecule has 0 unspecified atom stereocenters. The predicted molar refractivity (Wildman–Crippen MR) is 132 cm³/mol. The van der Waals surface area contributed by atoms with Crippen LogP contribution in [0.4, 0.5) is 19.7 Å². The molecule has 3 fully saturated rings. The van der Waals surface area contributed by atoms with Gasteiger partial charge in [0.15, 0.2) is 11.6 Å². The van der Waals surface area contributed by atoms with Crippen LogP contribution in [0.1, 0.15) is 23.1 Å². The van der Waals surface area contributed by atoms with Crippen LogP contribution in [0.5, 0.6) is 0 Å². The van der Waals surface area contributed by atoms with Gasteiger partial charge in [0.2, 0.25) is 5.95 Å². The number of halogens is 2. The van der Waals surface area contributed by atoms with E-state index in [1.165, 1.54) is 0 Å². The van der Waals surface area contributed by atoms with Crippen molar-refractivity contribution in [3.05, 3.63) is 40.7 Å². The number of thiophene rings is 1. The van der Waals surface area contributed by atoms with E-state index in [2.05, 4.69) is 33.9 Å². The Balaban J connectivity index is 1.47. The molecule has 2 saturated heterocycles. The molecule has 0 spiro atoms. The van der Waals surface area contributed by atoms with Crippen LogP contribution in [-0.2, 0) is 18.0 Å². The number of ether oxygens (including phenoxy) is 1. The highest BCUT2D eigenvalue weighted by Crippen LogP contribution is 2.47. The van der Waals surface area contributed by atoms with Crippen LogP contribution in [-0.4, -0.2) is 52.6 Å². The maximum atomic E-state index is 16.4. The third kappa shape index (κ3) is 2.74. The lowest BCUT2D eigenvalue weighted by atomic mass is 9.79. The normalized spacial score (nSPS) is 22.4. The molecule has 3 aromatic heterocycles. The molecule has 36 heavy (non-hydrogen) atoms. The summed E-state index contributed by atoms with van der Waals surface area (Å²) in [5, 5.41) is 10.7. The first-order valence-electron chi connectivity index (χ1n) is 11.7. The second-order valence-corrected chi connectivity index (χ2v) is 10.9. The number of nitrogens with zero attached hydrogens (tertiary/aromatic N) is 6. The molecule has 0 amide bonds. The lowest BCUT2D eigenvalue weighted by molar-refractivity contribution is 0.135. The van der Waals surface area contributed by atoms with Crippen molar-refractivity contribution < 1.29 is 13.5 Å². The summed E-state index contributed by atoms with van der Waals surface area (Å²) in [6.45, 7) is 1.28. The fourth-order valence-corrected chi connectivity index (χ4v) is 7.18. The Labute approximate surface area is 208 Å². The van der Waals surface area contributed by atoms with Crippen LogP contribution in [0.25, 0.3) is 32.2 Å². The standard InChI is InChI=1S/C25H21F2N7OS/c1-33(2)22-10-3-16(22)34(7-10)25-31-5-12-13-8-35-9-14(13)17(19(27)20(12)32-25)21-18-11(4-28)24(29)36-23(18)15(26)6-30-21/h5-6,10,16,22H,3,7-9,29H2,1-2H3/t10-,16-,22+/m1/s1. The number of hydrogen-bond acceptors (Lipinski definition) is 9. The summed E-state index contributed by atoms with van der Waals surface area (Å²) in [6.07, 6.45) is 3.80. The minimum absolute atomic E-state index is 0.0964. The first-order valence-corrected chi connectivity index (χ1v) is 12.5. The monoisotopic (exact) mass is 505 g/mol. The number of benzene rings is 1. The average molecular weight is 506 g/mol. The number of anilines is 2. The number of nitrogens with two attached hydrogens (primary N) is 1. The molecule has 8 rings (SSSR count). The number of hydrogen-bond donors (Lipinski definition) is 1. The molecule has 2 N–H and O–H groups in total. The molecule has 1 saturated carbocycles.